The minimum Gasteiger partial charge on any atom is -0.342 e. The highest BCUT2D eigenvalue weighted by molar-refractivity contribution is 5.98. The van der Waals surface area contributed by atoms with E-state index >= 15 is 0 Å². The van der Waals surface area contributed by atoms with Crippen LogP contribution in [0.1, 0.15) is 33.5 Å². The van der Waals surface area contributed by atoms with Crippen LogP contribution in [0.15, 0.2) is 48.5 Å². The smallest absolute Gasteiger partial charge is 0.254 e. The average molecular weight is 362 g/mol. The number of aromatic amines is 1. The van der Waals surface area contributed by atoms with E-state index in [2.05, 4.69) is 9.97 Å². The van der Waals surface area contributed by atoms with Gasteiger partial charge in [0.1, 0.15) is 5.82 Å². The number of rotatable bonds is 3. The number of hydrogen-bond acceptors (Lipinski definition) is 3. The van der Waals surface area contributed by atoms with Gasteiger partial charge in [-0.2, -0.15) is 0 Å². The summed E-state index contributed by atoms with van der Waals surface area (Å²) >= 11 is 0. The van der Waals surface area contributed by atoms with E-state index in [-0.39, 0.29) is 11.8 Å². The molecule has 1 N–H and O–H groups in total. The highest BCUT2D eigenvalue weighted by Crippen LogP contribution is 2.17. The molecule has 0 atom stereocenters. The highest BCUT2D eigenvalue weighted by atomic mass is 16.2. The standard InChI is InChI=1S/C21H22N4O2/c1-2-19-22-17-9-8-16(14-18(17)23-19)21(27)25-12-10-24(11-13-25)20(26)15-6-4-3-5-7-15/h3-9,14H,2,10-13H2,1H3,(H,22,23). The fourth-order valence-corrected chi connectivity index (χ4v) is 3.42. The molecule has 6 heteroatoms. The average Bonchev–Trinajstić information content (AvgIpc) is 3.16. The van der Waals surface area contributed by atoms with E-state index in [0.29, 0.717) is 37.3 Å². The summed E-state index contributed by atoms with van der Waals surface area (Å²) in [6, 6.07) is 14.8. The number of amides is 2. The van der Waals surface area contributed by atoms with Crippen LogP contribution in [-0.4, -0.2) is 57.8 Å². The van der Waals surface area contributed by atoms with Gasteiger partial charge in [-0.25, -0.2) is 4.98 Å². The van der Waals surface area contributed by atoms with Crippen LogP contribution in [0.5, 0.6) is 0 Å². The Morgan fingerprint density at radius 3 is 2.19 bits per heavy atom. The van der Waals surface area contributed by atoms with Gasteiger partial charge in [-0.3, -0.25) is 9.59 Å². The lowest BCUT2D eigenvalue weighted by atomic mass is 10.1. The Morgan fingerprint density at radius 2 is 1.56 bits per heavy atom. The molecule has 0 saturated carbocycles. The third kappa shape index (κ3) is 3.43. The fraction of sp³-hybridized carbons (Fsp3) is 0.286. The predicted molar refractivity (Wildman–Crippen MR) is 104 cm³/mol. The molecular weight excluding hydrogens is 340 g/mol. The second kappa shape index (κ2) is 7.23. The number of imidazole rings is 1. The third-order valence-electron chi connectivity index (χ3n) is 4.99. The summed E-state index contributed by atoms with van der Waals surface area (Å²) in [5.41, 5.74) is 3.10. The molecule has 1 aromatic heterocycles. The number of carbonyl (C=O) groups excluding carboxylic acids is 2. The number of hydrogen-bond donors (Lipinski definition) is 1. The van der Waals surface area contributed by atoms with Crippen molar-refractivity contribution in [2.24, 2.45) is 0 Å². The van der Waals surface area contributed by atoms with Crippen molar-refractivity contribution in [3.05, 3.63) is 65.5 Å². The van der Waals surface area contributed by atoms with E-state index in [0.717, 1.165) is 23.3 Å². The SMILES string of the molecule is CCc1nc2ccc(C(=O)N3CCN(C(=O)c4ccccc4)CC3)cc2[nH]1. The largest absolute Gasteiger partial charge is 0.342 e. The minimum atomic E-state index is -0.00337. The van der Waals surface area contributed by atoms with Crippen LogP contribution in [0.2, 0.25) is 0 Å². The summed E-state index contributed by atoms with van der Waals surface area (Å²) in [5.74, 6) is 0.938. The number of fused-ring (bicyclic) bond motifs is 1. The first kappa shape index (κ1) is 17.3. The summed E-state index contributed by atoms with van der Waals surface area (Å²) in [6.45, 7) is 4.22. The molecule has 0 unspecified atom stereocenters. The van der Waals surface area contributed by atoms with Crippen LogP contribution in [-0.2, 0) is 6.42 Å². The predicted octanol–water partition coefficient (Wildman–Crippen LogP) is 2.72. The molecule has 1 aliphatic rings. The number of benzene rings is 2. The number of aromatic nitrogens is 2. The number of nitrogens with zero attached hydrogens (tertiary/aromatic N) is 3. The number of piperazine rings is 1. The van der Waals surface area contributed by atoms with Crippen molar-refractivity contribution >= 4 is 22.8 Å². The molecule has 2 heterocycles. The molecule has 0 radical (unpaired) electrons. The minimum absolute atomic E-state index is 0.00337. The van der Waals surface area contributed by atoms with Gasteiger partial charge in [0.05, 0.1) is 11.0 Å². The molecule has 0 aliphatic carbocycles. The molecule has 2 aromatic carbocycles. The maximum absolute atomic E-state index is 12.9. The highest BCUT2D eigenvalue weighted by Gasteiger charge is 2.25. The van der Waals surface area contributed by atoms with Gasteiger partial charge < -0.3 is 14.8 Å². The second-order valence-corrected chi connectivity index (χ2v) is 6.72. The van der Waals surface area contributed by atoms with Crippen LogP contribution in [0, 0.1) is 0 Å². The van der Waals surface area contributed by atoms with E-state index in [4.69, 9.17) is 0 Å². The lowest BCUT2D eigenvalue weighted by Crippen LogP contribution is -2.50. The van der Waals surface area contributed by atoms with Crippen molar-refractivity contribution < 1.29 is 9.59 Å². The maximum atomic E-state index is 12.9. The Morgan fingerprint density at radius 1 is 0.926 bits per heavy atom. The molecule has 6 nitrogen and oxygen atoms in total. The number of nitrogens with one attached hydrogen (secondary N) is 1. The molecule has 4 rings (SSSR count). The van der Waals surface area contributed by atoms with Crippen molar-refractivity contribution in [2.45, 2.75) is 13.3 Å². The van der Waals surface area contributed by atoms with E-state index in [1.54, 1.807) is 0 Å². The molecule has 27 heavy (non-hydrogen) atoms. The Balaban J connectivity index is 1.43. The lowest BCUT2D eigenvalue weighted by molar-refractivity contribution is 0.0535. The van der Waals surface area contributed by atoms with E-state index in [9.17, 15) is 9.59 Å². The molecule has 0 spiro atoms. The van der Waals surface area contributed by atoms with Crippen LogP contribution in [0.25, 0.3) is 11.0 Å². The molecule has 1 aliphatic heterocycles. The Bertz CT molecular complexity index is 972. The normalized spacial score (nSPS) is 14.6. The first-order valence-corrected chi connectivity index (χ1v) is 9.28. The van der Waals surface area contributed by atoms with Crippen LogP contribution in [0.4, 0.5) is 0 Å². The van der Waals surface area contributed by atoms with Crippen molar-refractivity contribution in [1.29, 1.82) is 0 Å². The summed E-state index contributed by atoms with van der Waals surface area (Å²) in [6.07, 6.45) is 0.829. The number of aryl methyl sites for hydroxylation is 1. The molecule has 1 saturated heterocycles. The van der Waals surface area contributed by atoms with Crippen LogP contribution >= 0.6 is 0 Å². The van der Waals surface area contributed by atoms with Gasteiger partial charge in [-0.05, 0) is 30.3 Å². The molecule has 1 fully saturated rings. The van der Waals surface area contributed by atoms with Crippen molar-refractivity contribution in [2.75, 3.05) is 26.2 Å². The lowest BCUT2D eigenvalue weighted by Gasteiger charge is -2.34. The van der Waals surface area contributed by atoms with Gasteiger partial charge >= 0.3 is 0 Å². The molecular formula is C21H22N4O2. The third-order valence-corrected chi connectivity index (χ3v) is 4.99. The molecule has 0 bridgehead atoms. The van der Waals surface area contributed by atoms with Crippen LogP contribution in [0.3, 0.4) is 0 Å². The Kier molecular flexibility index (Phi) is 4.62. The van der Waals surface area contributed by atoms with E-state index in [1.807, 2.05) is 65.3 Å². The summed E-state index contributed by atoms with van der Waals surface area (Å²) in [7, 11) is 0. The Labute approximate surface area is 157 Å². The van der Waals surface area contributed by atoms with Crippen molar-refractivity contribution in [3.63, 3.8) is 0 Å². The Hall–Kier alpha value is -3.15. The second-order valence-electron chi connectivity index (χ2n) is 6.72. The number of H-pyrrole nitrogens is 1. The zero-order valence-corrected chi connectivity index (χ0v) is 15.3. The fourth-order valence-electron chi connectivity index (χ4n) is 3.42. The molecule has 2 amide bonds. The van der Waals surface area contributed by atoms with Gasteiger partial charge in [0.25, 0.3) is 11.8 Å². The van der Waals surface area contributed by atoms with Crippen molar-refractivity contribution in [3.8, 4) is 0 Å². The van der Waals surface area contributed by atoms with Crippen molar-refractivity contribution in [1.82, 2.24) is 19.8 Å². The monoisotopic (exact) mass is 362 g/mol. The summed E-state index contributed by atoms with van der Waals surface area (Å²) in [5, 5.41) is 0. The quantitative estimate of drug-likeness (QED) is 0.779. The maximum Gasteiger partial charge on any atom is 0.254 e. The zero-order chi connectivity index (χ0) is 18.8. The molecule has 3 aromatic rings. The van der Waals surface area contributed by atoms with Gasteiger partial charge in [0, 0.05) is 43.7 Å². The van der Waals surface area contributed by atoms with E-state index < -0.39 is 0 Å². The first-order valence-electron chi connectivity index (χ1n) is 9.28. The van der Waals surface area contributed by atoms with Gasteiger partial charge in [0.2, 0.25) is 0 Å². The van der Waals surface area contributed by atoms with E-state index in [1.165, 1.54) is 0 Å². The summed E-state index contributed by atoms with van der Waals surface area (Å²) in [4.78, 5) is 36.7. The van der Waals surface area contributed by atoms with Crippen LogP contribution < -0.4 is 0 Å². The van der Waals surface area contributed by atoms with Gasteiger partial charge in [0.15, 0.2) is 0 Å². The summed E-state index contributed by atoms with van der Waals surface area (Å²) < 4.78 is 0. The van der Waals surface area contributed by atoms with Gasteiger partial charge in [-0.15, -0.1) is 0 Å². The first-order chi connectivity index (χ1) is 13.2. The topological polar surface area (TPSA) is 69.3 Å². The number of carbonyl (C=O) groups is 2. The zero-order valence-electron chi connectivity index (χ0n) is 15.3. The molecule has 138 valence electrons. The van der Waals surface area contributed by atoms with Gasteiger partial charge in [-0.1, -0.05) is 25.1 Å².